The first-order chi connectivity index (χ1) is 9.15. The van der Waals surface area contributed by atoms with E-state index in [1.807, 2.05) is 18.2 Å². The Labute approximate surface area is 128 Å². The van der Waals surface area contributed by atoms with Gasteiger partial charge in [0.05, 0.1) is 0 Å². The second kappa shape index (κ2) is 7.93. The fourth-order valence-electron chi connectivity index (χ4n) is 2.42. The van der Waals surface area contributed by atoms with Crippen molar-refractivity contribution < 1.29 is 0 Å². The van der Waals surface area contributed by atoms with Crippen LogP contribution in [-0.2, 0) is 6.54 Å². The standard InChI is InChI=1S/C17H22N2.ClH/c1-14(16-8-4-3-5-9-16)12-19(2)13-15-7-6-10-17(18)11-15;/h3-11,14H,12-13,18H2,1-2H3;1H. The summed E-state index contributed by atoms with van der Waals surface area (Å²) in [6.45, 7) is 4.24. The molecule has 0 aliphatic rings. The molecule has 2 aromatic carbocycles. The third-order valence-corrected chi connectivity index (χ3v) is 3.36. The molecule has 1 atom stereocenters. The van der Waals surface area contributed by atoms with Crippen molar-refractivity contribution >= 4 is 18.1 Å². The second-order valence-electron chi connectivity index (χ2n) is 5.25. The van der Waals surface area contributed by atoms with Gasteiger partial charge in [-0.2, -0.15) is 0 Å². The van der Waals surface area contributed by atoms with Crippen LogP contribution in [0.4, 0.5) is 5.69 Å². The van der Waals surface area contributed by atoms with Gasteiger partial charge in [0.25, 0.3) is 0 Å². The Kier molecular flexibility index (Phi) is 6.56. The van der Waals surface area contributed by atoms with Crippen LogP contribution >= 0.6 is 12.4 Å². The Bertz CT molecular complexity index is 513. The van der Waals surface area contributed by atoms with E-state index < -0.39 is 0 Å². The molecule has 20 heavy (non-hydrogen) atoms. The Morgan fingerprint density at radius 2 is 1.75 bits per heavy atom. The monoisotopic (exact) mass is 290 g/mol. The van der Waals surface area contributed by atoms with Gasteiger partial charge >= 0.3 is 0 Å². The number of hydrogen-bond acceptors (Lipinski definition) is 2. The molecule has 0 saturated heterocycles. The predicted octanol–water partition coefficient (Wildman–Crippen LogP) is 3.93. The lowest BCUT2D eigenvalue weighted by molar-refractivity contribution is 0.309. The zero-order chi connectivity index (χ0) is 13.7. The number of nitrogens with two attached hydrogens (primary N) is 1. The van der Waals surface area contributed by atoms with Crippen molar-refractivity contribution in [1.29, 1.82) is 0 Å². The fraction of sp³-hybridized carbons (Fsp3) is 0.294. The minimum atomic E-state index is 0. The molecule has 0 saturated carbocycles. The first-order valence-electron chi connectivity index (χ1n) is 6.73. The van der Waals surface area contributed by atoms with Crippen molar-refractivity contribution in [3.05, 3.63) is 65.7 Å². The van der Waals surface area contributed by atoms with E-state index in [1.54, 1.807) is 0 Å². The van der Waals surface area contributed by atoms with E-state index in [-0.39, 0.29) is 12.4 Å². The number of hydrogen-bond donors (Lipinski definition) is 1. The molecule has 0 spiro atoms. The van der Waals surface area contributed by atoms with Crippen molar-refractivity contribution in [2.45, 2.75) is 19.4 Å². The first-order valence-corrected chi connectivity index (χ1v) is 6.73. The molecule has 0 heterocycles. The molecule has 0 aliphatic heterocycles. The minimum Gasteiger partial charge on any atom is -0.399 e. The van der Waals surface area contributed by atoms with Crippen LogP contribution < -0.4 is 5.73 Å². The number of anilines is 1. The van der Waals surface area contributed by atoms with Crippen LogP contribution in [0.25, 0.3) is 0 Å². The van der Waals surface area contributed by atoms with Crippen LogP contribution in [0.3, 0.4) is 0 Å². The summed E-state index contributed by atoms with van der Waals surface area (Å²) in [6, 6.07) is 18.8. The SMILES string of the molecule is CC(CN(C)Cc1cccc(N)c1)c1ccccc1.Cl. The highest BCUT2D eigenvalue weighted by Crippen LogP contribution is 2.17. The number of likely N-dealkylation sites (N-methyl/N-ethyl adjacent to an activating group) is 1. The summed E-state index contributed by atoms with van der Waals surface area (Å²) in [5.74, 6) is 0.534. The number of benzene rings is 2. The lowest BCUT2D eigenvalue weighted by atomic mass is 10.0. The molecule has 3 heteroatoms. The van der Waals surface area contributed by atoms with Crippen molar-refractivity contribution in [3.63, 3.8) is 0 Å². The third kappa shape index (κ3) is 4.87. The highest BCUT2D eigenvalue weighted by Gasteiger charge is 2.08. The van der Waals surface area contributed by atoms with E-state index in [4.69, 9.17) is 5.73 Å². The smallest absolute Gasteiger partial charge is 0.0317 e. The molecule has 2 N–H and O–H groups in total. The molecule has 0 aromatic heterocycles. The average Bonchev–Trinajstić information content (AvgIpc) is 2.39. The van der Waals surface area contributed by atoms with Gasteiger partial charge in [-0.05, 0) is 36.2 Å². The maximum atomic E-state index is 5.81. The van der Waals surface area contributed by atoms with Gasteiger partial charge in [-0.15, -0.1) is 12.4 Å². The number of rotatable bonds is 5. The first kappa shape index (κ1) is 16.5. The van der Waals surface area contributed by atoms with Gasteiger partial charge in [0.1, 0.15) is 0 Å². The van der Waals surface area contributed by atoms with Crippen molar-refractivity contribution in [2.75, 3.05) is 19.3 Å². The van der Waals surface area contributed by atoms with Gasteiger partial charge in [0.15, 0.2) is 0 Å². The number of nitrogens with zero attached hydrogens (tertiary/aromatic N) is 1. The average molecular weight is 291 g/mol. The summed E-state index contributed by atoms with van der Waals surface area (Å²) < 4.78 is 0. The molecule has 0 fully saturated rings. The topological polar surface area (TPSA) is 29.3 Å². The highest BCUT2D eigenvalue weighted by atomic mass is 35.5. The summed E-state index contributed by atoms with van der Waals surface area (Å²) in [6.07, 6.45) is 0. The molecule has 2 aromatic rings. The number of nitrogen functional groups attached to an aromatic ring is 1. The van der Waals surface area contributed by atoms with E-state index in [9.17, 15) is 0 Å². The second-order valence-corrected chi connectivity index (χ2v) is 5.25. The van der Waals surface area contributed by atoms with E-state index in [0.29, 0.717) is 5.92 Å². The Balaban J connectivity index is 0.00000200. The maximum absolute atomic E-state index is 5.81. The molecule has 0 bridgehead atoms. The molecular weight excluding hydrogens is 268 g/mol. The molecule has 108 valence electrons. The van der Waals surface area contributed by atoms with Crippen LogP contribution in [0.1, 0.15) is 24.0 Å². The highest BCUT2D eigenvalue weighted by molar-refractivity contribution is 5.85. The summed E-state index contributed by atoms with van der Waals surface area (Å²) in [5.41, 5.74) is 9.30. The Morgan fingerprint density at radius 1 is 1.05 bits per heavy atom. The summed E-state index contributed by atoms with van der Waals surface area (Å²) in [4.78, 5) is 2.34. The van der Waals surface area contributed by atoms with E-state index in [0.717, 1.165) is 18.8 Å². The largest absolute Gasteiger partial charge is 0.399 e. The van der Waals surface area contributed by atoms with Crippen LogP contribution in [0.15, 0.2) is 54.6 Å². The minimum absolute atomic E-state index is 0. The Morgan fingerprint density at radius 3 is 2.40 bits per heavy atom. The van der Waals surface area contributed by atoms with E-state index in [1.165, 1.54) is 11.1 Å². The molecule has 0 amide bonds. The molecule has 2 rings (SSSR count). The van der Waals surface area contributed by atoms with Gasteiger partial charge in [-0.25, -0.2) is 0 Å². The lowest BCUT2D eigenvalue weighted by Crippen LogP contribution is -2.23. The van der Waals surface area contributed by atoms with Crippen molar-refractivity contribution in [2.24, 2.45) is 0 Å². The van der Waals surface area contributed by atoms with Crippen LogP contribution in [0, 0.1) is 0 Å². The predicted molar refractivity (Wildman–Crippen MR) is 89.3 cm³/mol. The maximum Gasteiger partial charge on any atom is 0.0317 e. The van der Waals surface area contributed by atoms with Gasteiger partial charge in [-0.3, -0.25) is 0 Å². The van der Waals surface area contributed by atoms with Crippen LogP contribution in [-0.4, -0.2) is 18.5 Å². The van der Waals surface area contributed by atoms with Crippen molar-refractivity contribution in [3.8, 4) is 0 Å². The molecule has 2 nitrogen and oxygen atoms in total. The van der Waals surface area contributed by atoms with Gasteiger partial charge in [-0.1, -0.05) is 49.4 Å². The van der Waals surface area contributed by atoms with E-state index in [2.05, 4.69) is 55.3 Å². The van der Waals surface area contributed by atoms with Crippen LogP contribution in [0.5, 0.6) is 0 Å². The van der Waals surface area contributed by atoms with Crippen molar-refractivity contribution in [1.82, 2.24) is 4.90 Å². The zero-order valence-electron chi connectivity index (χ0n) is 12.1. The normalized spacial score (nSPS) is 11.9. The molecule has 0 aliphatic carbocycles. The quantitative estimate of drug-likeness (QED) is 0.846. The van der Waals surface area contributed by atoms with Crippen LogP contribution in [0.2, 0.25) is 0 Å². The number of halogens is 1. The van der Waals surface area contributed by atoms with Gasteiger partial charge in [0.2, 0.25) is 0 Å². The summed E-state index contributed by atoms with van der Waals surface area (Å²) in [7, 11) is 2.16. The lowest BCUT2D eigenvalue weighted by Gasteiger charge is -2.21. The van der Waals surface area contributed by atoms with Gasteiger partial charge < -0.3 is 10.6 Å². The molecular formula is C17H23ClN2. The third-order valence-electron chi connectivity index (χ3n) is 3.36. The Hall–Kier alpha value is -1.51. The van der Waals surface area contributed by atoms with E-state index >= 15 is 0 Å². The summed E-state index contributed by atoms with van der Waals surface area (Å²) >= 11 is 0. The molecule has 1 unspecified atom stereocenters. The fourth-order valence-corrected chi connectivity index (χ4v) is 2.42. The molecule has 0 radical (unpaired) electrons. The summed E-state index contributed by atoms with van der Waals surface area (Å²) in [5, 5.41) is 0. The van der Waals surface area contributed by atoms with Gasteiger partial charge in [0, 0.05) is 18.8 Å². The zero-order valence-corrected chi connectivity index (χ0v) is 12.9.